The number of nitrogens with one attached hydrogen (secondary N) is 1. The van der Waals surface area contributed by atoms with E-state index in [-0.39, 0.29) is 5.91 Å². The number of rotatable bonds is 7. The number of benzene rings is 2. The van der Waals surface area contributed by atoms with Gasteiger partial charge < -0.3 is 15.1 Å². The lowest BCUT2D eigenvalue weighted by Crippen LogP contribution is -2.46. The van der Waals surface area contributed by atoms with Gasteiger partial charge >= 0.3 is 0 Å². The summed E-state index contributed by atoms with van der Waals surface area (Å²) >= 11 is 3.40. The lowest BCUT2D eigenvalue weighted by atomic mass is 10.1. The number of thiazole rings is 1. The largest absolute Gasteiger partial charge is 0.369 e. The summed E-state index contributed by atoms with van der Waals surface area (Å²) in [6, 6.07) is 14.0. The van der Waals surface area contributed by atoms with Gasteiger partial charge in [0.2, 0.25) is 0 Å². The fourth-order valence-electron chi connectivity index (χ4n) is 3.89. The van der Waals surface area contributed by atoms with Crippen LogP contribution in [0.5, 0.6) is 0 Å². The molecule has 1 amide bonds. The average molecular weight is 467 g/mol. The van der Waals surface area contributed by atoms with Crippen molar-refractivity contribution in [3.05, 3.63) is 70.2 Å². The molecule has 32 heavy (non-hydrogen) atoms. The first-order chi connectivity index (χ1) is 15.5. The monoisotopic (exact) mass is 466 g/mol. The second-order valence-corrected chi connectivity index (χ2v) is 10.2. The van der Waals surface area contributed by atoms with Crippen molar-refractivity contribution >= 4 is 40.4 Å². The van der Waals surface area contributed by atoms with Crippen molar-refractivity contribution in [3.63, 3.8) is 0 Å². The summed E-state index contributed by atoms with van der Waals surface area (Å²) in [6.07, 6.45) is 0. The van der Waals surface area contributed by atoms with Crippen molar-refractivity contribution in [2.24, 2.45) is 0 Å². The van der Waals surface area contributed by atoms with Gasteiger partial charge in [0.1, 0.15) is 4.34 Å². The minimum atomic E-state index is -0.0801. The minimum absolute atomic E-state index is 0.0801. The van der Waals surface area contributed by atoms with Gasteiger partial charge in [-0.15, -0.1) is 11.3 Å². The molecule has 1 N–H and O–H groups in total. The third-order valence-electron chi connectivity index (χ3n) is 5.79. The molecule has 5 nitrogen and oxygen atoms in total. The Morgan fingerprint density at radius 2 is 1.84 bits per heavy atom. The molecule has 2 aromatic carbocycles. The Labute approximate surface area is 198 Å². The maximum atomic E-state index is 12.7. The molecule has 3 aromatic rings. The molecule has 0 bridgehead atoms. The predicted molar refractivity (Wildman–Crippen MR) is 136 cm³/mol. The summed E-state index contributed by atoms with van der Waals surface area (Å²) in [7, 11) is 0. The van der Waals surface area contributed by atoms with Crippen LogP contribution in [0, 0.1) is 13.8 Å². The van der Waals surface area contributed by atoms with Crippen LogP contribution >= 0.6 is 23.1 Å². The van der Waals surface area contributed by atoms with Crippen molar-refractivity contribution < 1.29 is 4.79 Å². The van der Waals surface area contributed by atoms with Gasteiger partial charge in [-0.25, -0.2) is 4.98 Å². The normalized spacial score (nSPS) is 14.5. The number of anilines is 2. The molecule has 1 saturated heterocycles. The fraction of sp³-hybridized carbons (Fsp3) is 0.360. The van der Waals surface area contributed by atoms with E-state index in [4.69, 9.17) is 0 Å². The molecule has 2 heterocycles. The van der Waals surface area contributed by atoms with Crippen LogP contribution in [0.4, 0.5) is 11.4 Å². The van der Waals surface area contributed by atoms with E-state index in [1.165, 1.54) is 16.8 Å². The van der Waals surface area contributed by atoms with Crippen LogP contribution < -0.4 is 10.2 Å². The van der Waals surface area contributed by atoms with Crippen LogP contribution in [0.25, 0.3) is 0 Å². The lowest BCUT2D eigenvalue weighted by Gasteiger charge is -2.36. The second kappa shape index (κ2) is 10.5. The highest BCUT2D eigenvalue weighted by molar-refractivity contribution is 8.00. The molecule has 1 aliphatic heterocycles. The third-order valence-corrected chi connectivity index (χ3v) is 8.00. The Morgan fingerprint density at radius 1 is 1.09 bits per heavy atom. The van der Waals surface area contributed by atoms with Gasteiger partial charge in [0.05, 0.1) is 0 Å². The zero-order valence-corrected chi connectivity index (χ0v) is 20.6. The number of hydrogen-bond acceptors (Lipinski definition) is 6. The van der Waals surface area contributed by atoms with Gasteiger partial charge in [-0.2, -0.15) is 0 Å². The number of hydrogen-bond donors (Lipinski definition) is 1. The predicted octanol–water partition coefficient (Wildman–Crippen LogP) is 5.45. The number of amides is 1. The Hall–Kier alpha value is -2.35. The van der Waals surface area contributed by atoms with E-state index in [0.29, 0.717) is 5.56 Å². The van der Waals surface area contributed by atoms with Crippen molar-refractivity contribution in [2.45, 2.75) is 30.9 Å². The van der Waals surface area contributed by atoms with Gasteiger partial charge in [0.25, 0.3) is 5.91 Å². The minimum Gasteiger partial charge on any atom is -0.369 e. The van der Waals surface area contributed by atoms with E-state index in [0.717, 1.165) is 54.2 Å². The molecule has 0 aliphatic carbocycles. The highest BCUT2D eigenvalue weighted by Gasteiger charge is 2.17. The smallest absolute Gasteiger partial charge is 0.255 e. The second-order valence-electron chi connectivity index (χ2n) is 8.12. The molecule has 0 unspecified atom stereocenters. The maximum absolute atomic E-state index is 12.7. The fourth-order valence-corrected chi connectivity index (χ4v) is 5.70. The first-order valence-electron chi connectivity index (χ1n) is 11.0. The third kappa shape index (κ3) is 5.71. The molecule has 1 aromatic heterocycles. The first-order valence-corrected chi connectivity index (χ1v) is 12.9. The molecule has 0 atom stereocenters. The average Bonchev–Trinajstić information content (AvgIpc) is 3.23. The topological polar surface area (TPSA) is 48.5 Å². The maximum Gasteiger partial charge on any atom is 0.255 e. The van der Waals surface area contributed by atoms with E-state index in [2.05, 4.69) is 51.5 Å². The van der Waals surface area contributed by atoms with Crippen LogP contribution in [0.15, 0.2) is 52.2 Å². The van der Waals surface area contributed by atoms with Gasteiger partial charge in [-0.3, -0.25) is 4.79 Å². The molecule has 4 rings (SSSR count). The van der Waals surface area contributed by atoms with E-state index in [1.54, 1.807) is 23.1 Å². The van der Waals surface area contributed by atoms with Gasteiger partial charge in [0.15, 0.2) is 0 Å². The number of aryl methyl sites for hydroxylation is 2. The van der Waals surface area contributed by atoms with Crippen LogP contribution in [0.1, 0.15) is 34.1 Å². The molecule has 0 saturated carbocycles. The van der Waals surface area contributed by atoms with Crippen molar-refractivity contribution in [2.75, 3.05) is 42.9 Å². The zero-order chi connectivity index (χ0) is 22.5. The highest BCUT2D eigenvalue weighted by Crippen LogP contribution is 2.27. The Morgan fingerprint density at radius 3 is 2.47 bits per heavy atom. The van der Waals surface area contributed by atoms with E-state index < -0.39 is 0 Å². The highest BCUT2D eigenvalue weighted by atomic mass is 32.2. The number of thioether (sulfide) groups is 1. The molecular weight excluding hydrogens is 436 g/mol. The zero-order valence-electron chi connectivity index (χ0n) is 18.9. The summed E-state index contributed by atoms with van der Waals surface area (Å²) in [5.74, 6) is 0.769. The standard InChI is InChI=1S/C25H30N4OS2/c1-4-28-11-13-29(14-12-28)23-10-9-22(15-18(23)2)27-24(30)21-7-5-20(6-8-21)17-32-25-26-19(3)16-31-25/h5-10,15-16H,4,11-14,17H2,1-3H3,(H,27,30). The summed E-state index contributed by atoms with van der Waals surface area (Å²) in [4.78, 5) is 22.1. The van der Waals surface area contributed by atoms with Crippen LogP contribution in [0.3, 0.4) is 0 Å². The first kappa shape index (κ1) is 22.8. The number of carbonyl (C=O) groups excluding carboxylic acids is 1. The van der Waals surface area contributed by atoms with Crippen LogP contribution in [0.2, 0.25) is 0 Å². The van der Waals surface area contributed by atoms with Crippen molar-refractivity contribution in [1.29, 1.82) is 0 Å². The number of nitrogens with zero attached hydrogens (tertiary/aromatic N) is 3. The number of carbonyl (C=O) groups is 1. The summed E-state index contributed by atoms with van der Waals surface area (Å²) < 4.78 is 1.08. The van der Waals surface area contributed by atoms with E-state index in [9.17, 15) is 4.79 Å². The van der Waals surface area contributed by atoms with Gasteiger partial charge in [0, 0.05) is 59.9 Å². The SMILES string of the molecule is CCN1CCN(c2ccc(NC(=O)c3ccc(CSc4nc(C)cs4)cc3)cc2C)CC1. The molecular formula is C25H30N4OS2. The number of aromatic nitrogens is 1. The van der Waals surface area contributed by atoms with E-state index >= 15 is 0 Å². The summed E-state index contributed by atoms with van der Waals surface area (Å²) in [5.41, 5.74) is 6.20. The van der Waals surface area contributed by atoms with Gasteiger partial charge in [-0.05, 0) is 61.9 Å². The van der Waals surface area contributed by atoms with E-state index in [1.807, 2.05) is 37.3 Å². The summed E-state index contributed by atoms with van der Waals surface area (Å²) in [6.45, 7) is 11.8. The van der Waals surface area contributed by atoms with Crippen molar-refractivity contribution in [1.82, 2.24) is 9.88 Å². The molecule has 1 fully saturated rings. The molecule has 168 valence electrons. The van der Waals surface area contributed by atoms with Gasteiger partial charge in [-0.1, -0.05) is 30.8 Å². The molecule has 0 radical (unpaired) electrons. The molecule has 0 spiro atoms. The van der Waals surface area contributed by atoms with Crippen LogP contribution in [-0.2, 0) is 5.75 Å². The summed E-state index contributed by atoms with van der Waals surface area (Å²) in [5, 5.41) is 5.11. The lowest BCUT2D eigenvalue weighted by molar-refractivity contribution is 0.102. The quantitative estimate of drug-likeness (QED) is 0.470. The number of piperazine rings is 1. The molecule has 7 heteroatoms. The number of likely N-dealkylation sites (N-methyl/N-ethyl adjacent to an activating group) is 1. The Bertz CT molecular complexity index is 1060. The van der Waals surface area contributed by atoms with Crippen LogP contribution in [-0.4, -0.2) is 48.5 Å². The Balaban J connectivity index is 1.33. The Kier molecular flexibility index (Phi) is 7.50. The van der Waals surface area contributed by atoms with Crippen molar-refractivity contribution in [3.8, 4) is 0 Å². The molecule has 1 aliphatic rings.